The Labute approximate surface area is 210 Å². The summed E-state index contributed by atoms with van der Waals surface area (Å²) in [5.74, 6) is -0.422. The molecule has 4 atom stereocenters. The van der Waals surface area contributed by atoms with Gasteiger partial charge in [0, 0.05) is 25.9 Å². The highest BCUT2D eigenvalue weighted by Gasteiger charge is 2.46. The zero-order valence-electron chi connectivity index (χ0n) is 20.8. The molecule has 36 heavy (non-hydrogen) atoms. The van der Waals surface area contributed by atoms with Crippen molar-refractivity contribution in [1.82, 2.24) is 15.5 Å². The van der Waals surface area contributed by atoms with Gasteiger partial charge in [0.05, 0.1) is 6.10 Å². The molecule has 2 aromatic carbocycles. The average Bonchev–Trinajstić information content (AvgIpc) is 3.25. The largest absolute Gasteiger partial charge is 0.488 e. The minimum Gasteiger partial charge on any atom is -0.488 e. The lowest BCUT2D eigenvalue weighted by molar-refractivity contribution is -0.132. The first-order valence-corrected chi connectivity index (χ1v) is 12.2. The van der Waals surface area contributed by atoms with Crippen molar-refractivity contribution in [3.05, 3.63) is 65.7 Å². The van der Waals surface area contributed by atoms with Crippen LogP contribution in [0.1, 0.15) is 44.4 Å². The topological polar surface area (TPSA) is 117 Å². The van der Waals surface area contributed by atoms with E-state index in [1.807, 2.05) is 30.3 Å². The van der Waals surface area contributed by atoms with Crippen LogP contribution in [0.2, 0.25) is 0 Å². The summed E-state index contributed by atoms with van der Waals surface area (Å²) < 4.78 is 11.7. The molecule has 2 bridgehead atoms. The van der Waals surface area contributed by atoms with E-state index in [0.717, 1.165) is 5.56 Å². The molecule has 1 saturated heterocycles. The SMILES string of the molecule is CC(C)(C)OC(=O)N1CC[C@@H]2Oc3ccc(cc3)[C@@H](O)CNC(=O)[C@@H](Cc3ccccc3)NC(=O)[C@H]21. The van der Waals surface area contributed by atoms with E-state index in [4.69, 9.17) is 9.47 Å². The number of benzene rings is 2. The first-order chi connectivity index (χ1) is 17.1. The van der Waals surface area contributed by atoms with Crippen molar-refractivity contribution in [2.75, 3.05) is 13.1 Å². The van der Waals surface area contributed by atoms with Crippen molar-refractivity contribution < 1.29 is 29.0 Å². The van der Waals surface area contributed by atoms with E-state index >= 15 is 0 Å². The number of carbonyl (C=O) groups excluding carboxylic acids is 3. The number of likely N-dealkylation sites (tertiary alicyclic amines) is 1. The van der Waals surface area contributed by atoms with Gasteiger partial charge in [0.2, 0.25) is 11.8 Å². The Balaban J connectivity index is 1.67. The van der Waals surface area contributed by atoms with Gasteiger partial charge in [-0.1, -0.05) is 42.5 Å². The second-order valence-corrected chi connectivity index (χ2v) is 10.1. The van der Waals surface area contributed by atoms with E-state index in [0.29, 0.717) is 17.7 Å². The summed E-state index contributed by atoms with van der Waals surface area (Å²) in [4.78, 5) is 41.2. The maximum atomic E-state index is 13.6. The van der Waals surface area contributed by atoms with Crippen molar-refractivity contribution in [3.63, 3.8) is 0 Å². The Morgan fingerprint density at radius 1 is 1.08 bits per heavy atom. The van der Waals surface area contributed by atoms with Gasteiger partial charge in [0.25, 0.3) is 0 Å². The van der Waals surface area contributed by atoms with E-state index < -0.39 is 47.8 Å². The van der Waals surface area contributed by atoms with Crippen LogP contribution in [0.15, 0.2) is 54.6 Å². The smallest absolute Gasteiger partial charge is 0.411 e. The highest BCUT2D eigenvalue weighted by molar-refractivity contribution is 5.92. The first-order valence-electron chi connectivity index (χ1n) is 12.2. The fraction of sp³-hybridized carbons (Fsp3) is 0.444. The normalized spacial score (nSPS) is 24.7. The van der Waals surface area contributed by atoms with Crippen LogP contribution in [0.5, 0.6) is 5.75 Å². The van der Waals surface area contributed by atoms with Gasteiger partial charge >= 0.3 is 6.09 Å². The Bertz CT molecular complexity index is 1080. The molecule has 0 unspecified atom stereocenters. The summed E-state index contributed by atoms with van der Waals surface area (Å²) >= 11 is 0. The van der Waals surface area contributed by atoms with E-state index in [2.05, 4.69) is 10.6 Å². The number of ether oxygens (including phenoxy) is 2. The summed E-state index contributed by atoms with van der Waals surface area (Å²) in [5.41, 5.74) is 0.750. The van der Waals surface area contributed by atoms with Gasteiger partial charge in [-0.2, -0.15) is 0 Å². The van der Waals surface area contributed by atoms with Gasteiger partial charge in [0.15, 0.2) is 6.04 Å². The lowest BCUT2D eigenvalue weighted by atomic mass is 10.0. The molecule has 3 N–H and O–H groups in total. The minimum absolute atomic E-state index is 0.0176. The van der Waals surface area contributed by atoms with Gasteiger partial charge in [-0.05, 0) is 44.0 Å². The number of aliphatic hydroxyl groups is 1. The molecule has 0 saturated carbocycles. The second kappa shape index (κ2) is 10.6. The van der Waals surface area contributed by atoms with Crippen LogP contribution in [0.4, 0.5) is 4.79 Å². The van der Waals surface area contributed by atoms with Crippen LogP contribution in [0.25, 0.3) is 0 Å². The number of hydrogen-bond acceptors (Lipinski definition) is 6. The first kappa shape index (κ1) is 25.5. The maximum absolute atomic E-state index is 13.6. The lowest BCUT2D eigenvalue weighted by Crippen LogP contribution is -2.57. The highest BCUT2D eigenvalue weighted by atomic mass is 16.6. The number of nitrogens with zero attached hydrogens (tertiary/aromatic N) is 1. The minimum atomic E-state index is -0.987. The Morgan fingerprint density at radius 2 is 1.78 bits per heavy atom. The fourth-order valence-electron chi connectivity index (χ4n) is 4.42. The number of nitrogens with one attached hydrogen (secondary N) is 2. The molecule has 0 spiro atoms. The number of amides is 3. The second-order valence-electron chi connectivity index (χ2n) is 10.1. The van der Waals surface area contributed by atoms with Crippen LogP contribution in [-0.2, 0) is 20.7 Å². The summed E-state index contributed by atoms with van der Waals surface area (Å²) in [6.07, 6.45) is -1.51. The van der Waals surface area contributed by atoms with Crippen LogP contribution < -0.4 is 15.4 Å². The van der Waals surface area contributed by atoms with Gasteiger partial charge < -0.3 is 25.2 Å². The predicted octanol–water partition coefficient (Wildman–Crippen LogP) is 2.33. The highest BCUT2D eigenvalue weighted by Crippen LogP contribution is 2.27. The lowest BCUT2D eigenvalue weighted by Gasteiger charge is -2.31. The van der Waals surface area contributed by atoms with Crippen molar-refractivity contribution in [2.45, 2.75) is 63.5 Å². The maximum Gasteiger partial charge on any atom is 0.411 e. The molecule has 1 fully saturated rings. The molecule has 3 amide bonds. The fourth-order valence-corrected chi connectivity index (χ4v) is 4.42. The van der Waals surface area contributed by atoms with Gasteiger partial charge in [0.1, 0.15) is 23.5 Å². The number of fused-ring (bicyclic) bond motifs is 8. The molecular weight excluding hydrogens is 462 g/mol. The quantitative estimate of drug-likeness (QED) is 0.589. The van der Waals surface area contributed by atoms with Crippen LogP contribution in [0, 0.1) is 0 Å². The summed E-state index contributed by atoms with van der Waals surface area (Å²) in [7, 11) is 0. The molecule has 9 heteroatoms. The summed E-state index contributed by atoms with van der Waals surface area (Å²) in [5, 5.41) is 16.1. The molecule has 0 radical (unpaired) electrons. The van der Waals surface area contributed by atoms with Crippen molar-refractivity contribution in [3.8, 4) is 5.75 Å². The number of rotatable bonds is 2. The van der Waals surface area contributed by atoms with Crippen molar-refractivity contribution in [1.29, 1.82) is 0 Å². The molecule has 0 aliphatic carbocycles. The molecule has 9 nitrogen and oxygen atoms in total. The van der Waals surface area contributed by atoms with E-state index in [9.17, 15) is 19.5 Å². The molecule has 3 heterocycles. The van der Waals surface area contributed by atoms with Gasteiger partial charge in [-0.25, -0.2) is 4.79 Å². The Kier molecular flexibility index (Phi) is 7.49. The molecular formula is C27H33N3O6. The average molecular weight is 496 g/mol. The van der Waals surface area contributed by atoms with Crippen molar-refractivity contribution >= 4 is 17.9 Å². The van der Waals surface area contributed by atoms with Crippen LogP contribution in [0.3, 0.4) is 0 Å². The zero-order valence-corrected chi connectivity index (χ0v) is 20.8. The Morgan fingerprint density at radius 3 is 2.44 bits per heavy atom. The standard InChI is InChI=1S/C27H33N3O6/c1-27(2,3)36-26(34)30-14-13-22-23(30)25(33)29-20(15-17-7-5-4-6-8-17)24(32)28-16-21(31)18-9-11-19(35-22)12-10-18/h4-12,20-23,31H,13-16H2,1-3H3,(H,28,32)(H,29,33)/t20-,21+,22+,23+/m1/s1. The molecule has 2 aromatic rings. The third-order valence-electron chi connectivity index (χ3n) is 6.18. The van der Waals surface area contributed by atoms with E-state index in [1.54, 1.807) is 45.0 Å². The number of hydrogen-bond donors (Lipinski definition) is 3. The molecule has 3 aliphatic rings. The van der Waals surface area contributed by atoms with Crippen LogP contribution >= 0.6 is 0 Å². The zero-order chi connectivity index (χ0) is 25.9. The number of aliphatic hydroxyl groups excluding tert-OH is 1. The number of carbonyl (C=O) groups is 3. The van der Waals surface area contributed by atoms with E-state index in [1.165, 1.54) is 4.90 Å². The molecule has 3 aliphatic heterocycles. The molecule has 192 valence electrons. The molecule has 5 rings (SSSR count). The summed E-state index contributed by atoms with van der Waals surface area (Å²) in [6, 6.07) is 14.3. The Hall–Kier alpha value is -3.59. The predicted molar refractivity (Wildman–Crippen MR) is 132 cm³/mol. The van der Waals surface area contributed by atoms with Crippen molar-refractivity contribution in [2.24, 2.45) is 0 Å². The monoisotopic (exact) mass is 495 g/mol. The summed E-state index contributed by atoms with van der Waals surface area (Å²) in [6.45, 7) is 5.54. The van der Waals surface area contributed by atoms with Gasteiger partial charge in [-0.15, -0.1) is 0 Å². The van der Waals surface area contributed by atoms with Crippen LogP contribution in [-0.4, -0.2) is 64.8 Å². The third-order valence-corrected chi connectivity index (χ3v) is 6.18. The molecule has 0 aromatic heterocycles. The van der Waals surface area contributed by atoms with Gasteiger partial charge in [-0.3, -0.25) is 14.5 Å². The third kappa shape index (κ3) is 6.15. The van der Waals surface area contributed by atoms with E-state index in [-0.39, 0.29) is 19.5 Å².